The summed E-state index contributed by atoms with van der Waals surface area (Å²) in [7, 11) is 0. The zero-order chi connectivity index (χ0) is 25.2. The Morgan fingerprint density at radius 3 is 2.28 bits per heavy atom. The summed E-state index contributed by atoms with van der Waals surface area (Å²) in [6, 6.07) is 9.41. The maximum Gasteiger partial charge on any atom is 0.190 e. The lowest BCUT2D eigenvalue weighted by atomic mass is 9.97. The maximum absolute atomic E-state index is 11.0. The van der Waals surface area contributed by atoms with Gasteiger partial charge >= 0.3 is 0 Å². The Morgan fingerprint density at radius 1 is 0.778 bits per heavy atom. The van der Waals surface area contributed by atoms with Crippen LogP contribution < -0.4 is 0 Å². The average molecular weight is 511 g/mol. The van der Waals surface area contributed by atoms with Crippen molar-refractivity contribution in [3.63, 3.8) is 0 Å². The number of aliphatic hydroxyl groups is 2. The molecular formula is C25H34O11. The van der Waals surface area contributed by atoms with Gasteiger partial charge in [-0.2, -0.15) is 0 Å². The predicted molar refractivity (Wildman–Crippen MR) is 119 cm³/mol. The van der Waals surface area contributed by atoms with E-state index in [-0.39, 0.29) is 6.61 Å². The molecule has 0 radical (unpaired) electrons. The molecule has 2 N–H and O–H groups in total. The fourth-order valence-electron chi connectivity index (χ4n) is 5.46. The Kier molecular flexibility index (Phi) is 6.42. The summed E-state index contributed by atoms with van der Waals surface area (Å²) in [5, 5.41) is 22.0. The molecule has 36 heavy (non-hydrogen) atoms. The van der Waals surface area contributed by atoms with E-state index in [9.17, 15) is 10.2 Å². The van der Waals surface area contributed by atoms with Crippen LogP contribution in [-0.2, 0) is 42.6 Å². The van der Waals surface area contributed by atoms with Crippen molar-refractivity contribution in [3.8, 4) is 0 Å². The van der Waals surface area contributed by atoms with Crippen LogP contribution in [-0.4, -0.2) is 96.4 Å². The smallest absolute Gasteiger partial charge is 0.190 e. The van der Waals surface area contributed by atoms with Crippen LogP contribution in [0.2, 0.25) is 0 Å². The van der Waals surface area contributed by atoms with Crippen molar-refractivity contribution in [2.75, 3.05) is 13.2 Å². The predicted octanol–water partition coefficient (Wildman–Crippen LogP) is 0.960. The summed E-state index contributed by atoms with van der Waals surface area (Å²) in [4.78, 5) is 0. The molecule has 5 heterocycles. The van der Waals surface area contributed by atoms with E-state index >= 15 is 0 Å². The van der Waals surface area contributed by atoms with E-state index in [0.717, 1.165) is 5.56 Å². The van der Waals surface area contributed by atoms with E-state index in [2.05, 4.69) is 0 Å². The second-order valence-corrected chi connectivity index (χ2v) is 10.7. The molecule has 1 aromatic rings. The topological polar surface area (TPSA) is 124 Å². The summed E-state index contributed by atoms with van der Waals surface area (Å²) < 4.78 is 54.1. The van der Waals surface area contributed by atoms with Gasteiger partial charge in [0, 0.05) is 5.56 Å². The summed E-state index contributed by atoms with van der Waals surface area (Å²) in [5.41, 5.74) is 0.815. The third kappa shape index (κ3) is 4.61. The van der Waals surface area contributed by atoms with Gasteiger partial charge in [-0.25, -0.2) is 0 Å². The van der Waals surface area contributed by atoms with Crippen molar-refractivity contribution in [1.82, 2.24) is 0 Å². The van der Waals surface area contributed by atoms with E-state index in [0.29, 0.717) is 6.61 Å². The Labute approximate surface area is 209 Å². The second kappa shape index (κ2) is 9.21. The number of hydrogen-bond acceptors (Lipinski definition) is 11. The summed E-state index contributed by atoms with van der Waals surface area (Å²) in [5.74, 6) is -1.64. The van der Waals surface area contributed by atoms with E-state index in [4.69, 9.17) is 42.6 Å². The number of fused-ring (bicyclic) bond motifs is 2. The minimum atomic E-state index is -1.38. The molecule has 0 aliphatic carbocycles. The summed E-state index contributed by atoms with van der Waals surface area (Å²) in [6.45, 7) is 7.68. The van der Waals surface area contributed by atoms with Gasteiger partial charge in [0.25, 0.3) is 0 Å². The lowest BCUT2D eigenvalue weighted by molar-refractivity contribution is -0.371. The van der Waals surface area contributed by atoms with Crippen molar-refractivity contribution >= 4 is 0 Å². The van der Waals surface area contributed by atoms with Gasteiger partial charge in [0.1, 0.15) is 48.8 Å². The van der Waals surface area contributed by atoms with E-state index in [1.807, 2.05) is 44.2 Å². The standard InChI is InChI=1S/C25H34O11/c1-24(2)29-11-14(34-24)18-19(20-23(32-18)36-25(3,4)35-20)33-22-16(27)15(26)17-13(30-22)10-28-21(31-17)12-8-6-5-7-9-12/h5-9,13-23,26-27H,10-11H2,1-4H3/t13-,14-,15-,16-,17-,18-,19+,20-,21-,22+,23-/m1/s1. The molecule has 0 unspecified atom stereocenters. The molecule has 5 aliphatic rings. The van der Waals surface area contributed by atoms with E-state index in [1.165, 1.54) is 0 Å². The monoisotopic (exact) mass is 510 g/mol. The van der Waals surface area contributed by atoms with Gasteiger partial charge in [-0.05, 0) is 27.7 Å². The Hall–Kier alpha value is -1.22. The molecular weight excluding hydrogens is 476 g/mol. The molecule has 5 aliphatic heterocycles. The van der Waals surface area contributed by atoms with Gasteiger partial charge in [-0.1, -0.05) is 30.3 Å². The normalized spacial score (nSPS) is 47.4. The van der Waals surface area contributed by atoms with Crippen molar-refractivity contribution in [3.05, 3.63) is 35.9 Å². The molecule has 0 aromatic heterocycles. The molecule has 11 atom stereocenters. The zero-order valence-electron chi connectivity index (χ0n) is 20.7. The highest BCUT2D eigenvalue weighted by Gasteiger charge is 2.61. The van der Waals surface area contributed by atoms with Crippen molar-refractivity contribution < 1.29 is 52.8 Å². The number of benzene rings is 1. The largest absolute Gasteiger partial charge is 0.387 e. The number of rotatable bonds is 4. The number of aliphatic hydroxyl groups excluding tert-OH is 2. The molecule has 0 bridgehead atoms. The molecule has 11 heteroatoms. The van der Waals surface area contributed by atoms with Gasteiger partial charge < -0.3 is 52.8 Å². The van der Waals surface area contributed by atoms with Crippen molar-refractivity contribution in [2.45, 2.75) is 107 Å². The van der Waals surface area contributed by atoms with Crippen LogP contribution in [0.1, 0.15) is 39.5 Å². The molecule has 0 amide bonds. The fraction of sp³-hybridized carbons (Fsp3) is 0.760. The summed E-state index contributed by atoms with van der Waals surface area (Å²) >= 11 is 0. The van der Waals surface area contributed by atoms with E-state index in [1.54, 1.807) is 13.8 Å². The second-order valence-electron chi connectivity index (χ2n) is 10.7. The highest BCUT2D eigenvalue weighted by atomic mass is 16.9. The fourth-order valence-corrected chi connectivity index (χ4v) is 5.46. The van der Waals surface area contributed by atoms with Crippen LogP contribution in [0, 0.1) is 0 Å². The first kappa shape index (κ1) is 25.1. The Balaban J connectivity index is 1.18. The quantitative estimate of drug-likeness (QED) is 0.602. The van der Waals surface area contributed by atoms with Gasteiger partial charge in [0.15, 0.2) is 30.4 Å². The molecule has 1 aromatic carbocycles. The van der Waals surface area contributed by atoms with Crippen LogP contribution in [0.15, 0.2) is 30.3 Å². The third-order valence-corrected chi connectivity index (χ3v) is 7.12. The molecule has 5 fully saturated rings. The van der Waals surface area contributed by atoms with Crippen LogP contribution >= 0.6 is 0 Å². The molecule has 0 saturated carbocycles. The lowest BCUT2D eigenvalue weighted by Crippen LogP contribution is -2.63. The summed E-state index contributed by atoms with van der Waals surface area (Å²) in [6.07, 6.45) is -8.98. The number of ether oxygens (including phenoxy) is 9. The SMILES string of the molecule is CC1(C)O[C@H]2O[C@H]([C@H]3COC(C)(C)O3)[C@H](O[C@@H]3O[C@@H]4CO[C@@H](c5ccccc5)O[C@H]4[C@H](O)[C@H]3O)[C@H]2O1. The van der Waals surface area contributed by atoms with Crippen LogP contribution in [0.4, 0.5) is 0 Å². The maximum atomic E-state index is 11.0. The highest BCUT2D eigenvalue weighted by molar-refractivity contribution is 5.16. The van der Waals surface area contributed by atoms with Crippen LogP contribution in [0.3, 0.4) is 0 Å². The van der Waals surface area contributed by atoms with E-state index < -0.39 is 79.3 Å². The highest BCUT2D eigenvalue weighted by Crippen LogP contribution is 2.43. The third-order valence-electron chi connectivity index (χ3n) is 7.12. The zero-order valence-corrected chi connectivity index (χ0v) is 20.7. The van der Waals surface area contributed by atoms with Crippen LogP contribution in [0.5, 0.6) is 0 Å². The Bertz CT molecular complexity index is 924. The first-order valence-electron chi connectivity index (χ1n) is 12.4. The number of hydrogen-bond donors (Lipinski definition) is 2. The first-order chi connectivity index (χ1) is 17.1. The van der Waals surface area contributed by atoms with Crippen molar-refractivity contribution in [2.24, 2.45) is 0 Å². The van der Waals surface area contributed by atoms with Gasteiger partial charge in [0.2, 0.25) is 0 Å². The van der Waals surface area contributed by atoms with Crippen molar-refractivity contribution in [1.29, 1.82) is 0 Å². The van der Waals surface area contributed by atoms with Crippen LogP contribution in [0.25, 0.3) is 0 Å². The Morgan fingerprint density at radius 2 is 1.56 bits per heavy atom. The molecule has 200 valence electrons. The molecule has 11 nitrogen and oxygen atoms in total. The molecule has 5 saturated heterocycles. The average Bonchev–Trinajstić information content (AvgIpc) is 3.46. The van der Waals surface area contributed by atoms with Gasteiger partial charge in [-0.15, -0.1) is 0 Å². The molecule has 0 spiro atoms. The first-order valence-corrected chi connectivity index (χ1v) is 12.4. The lowest BCUT2D eigenvalue weighted by Gasteiger charge is -2.47. The molecule has 6 rings (SSSR count). The van der Waals surface area contributed by atoms with Gasteiger partial charge in [0.05, 0.1) is 13.2 Å². The minimum Gasteiger partial charge on any atom is -0.387 e. The minimum absolute atomic E-state index is 0.158. The van der Waals surface area contributed by atoms with Gasteiger partial charge in [-0.3, -0.25) is 0 Å².